The van der Waals surface area contributed by atoms with Gasteiger partial charge in [-0.2, -0.15) is 5.26 Å². The Morgan fingerprint density at radius 1 is 1.42 bits per heavy atom. The van der Waals surface area contributed by atoms with Gasteiger partial charge >= 0.3 is 0 Å². The molecule has 1 aromatic carbocycles. The Morgan fingerprint density at radius 2 is 2.05 bits per heavy atom. The molecule has 4 heteroatoms. The molecular formula is C15H19N3O. The predicted molar refractivity (Wildman–Crippen MR) is 74.5 cm³/mol. The number of carbonyl (C=O) groups is 1. The van der Waals surface area contributed by atoms with Crippen molar-refractivity contribution in [1.29, 1.82) is 5.26 Å². The molecule has 100 valence electrons. The molecule has 2 N–H and O–H groups in total. The van der Waals surface area contributed by atoms with Crippen molar-refractivity contribution in [2.75, 3.05) is 18.5 Å². The molecule has 1 amide bonds. The lowest BCUT2D eigenvalue weighted by molar-refractivity contribution is -0.127. The van der Waals surface area contributed by atoms with E-state index in [0.29, 0.717) is 17.8 Å². The van der Waals surface area contributed by atoms with Crippen LogP contribution in [-0.4, -0.2) is 19.5 Å². The maximum absolute atomic E-state index is 12.7. The molecule has 0 atom stereocenters. The molecule has 0 heterocycles. The van der Waals surface area contributed by atoms with E-state index in [0.717, 1.165) is 25.7 Å². The number of nitriles is 1. The highest BCUT2D eigenvalue weighted by Gasteiger charge is 2.42. The molecule has 0 aromatic heterocycles. The summed E-state index contributed by atoms with van der Waals surface area (Å²) in [4.78, 5) is 14.3. The summed E-state index contributed by atoms with van der Waals surface area (Å²) in [6.07, 6.45) is 3.80. The predicted octanol–water partition coefficient (Wildman–Crippen LogP) is 2.04. The molecular weight excluding hydrogens is 238 g/mol. The van der Waals surface area contributed by atoms with Crippen LogP contribution in [0.5, 0.6) is 0 Å². The highest BCUT2D eigenvalue weighted by atomic mass is 16.2. The van der Waals surface area contributed by atoms with Crippen LogP contribution in [0.3, 0.4) is 0 Å². The van der Waals surface area contributed by atoms with Gasteiger partial charge in [-0.3, -0.25) is 4.79 Å². The van der Waals surface area contributed by atoms with Crippen LogP contribution in [0.4, 0.5) is 5.69 Å². The number of anilines is 1. The van der Waals surface area contributed by atoms with Gasteiger partial charge in [0.1, 0.15) is 6.07 Å². The molecule has 19 heavy (non-hydrogen) atoms. The summed E-state index contributed by atoms with van der Waals surface area (Å²) in [6, 6.07) is 9.29. The number of nitrogens with zero attached hydrogens (tertiary/aromatic N) is 2. The number of nitrogens with two attached hydrogens (primary N) is 1. The van der Waals surface area contributed by atoms with Crippen LogP contribution in [0.15, 0.2) is 24.3 Å². The molecule has 4 nitrogen and oxygen atoms in total. The summed E-state index contributed by atoms with van der Waals surface area (Å²) in [6.45, 7) is 0.380. The van der Waals surface area contributed by atoms with Crippen molar-refractivity contribution in [1.82, 2.24) is 0 Å². The quantitative estimate of drug-likeness (QED) is 0.900. The zero-order valence-corrected chi connectivity index (χ0v) is 11.2. The monoisotopic (exact) mass is 257 g/mol. The Balaban J connectivity index is 2.31. The molecule has 1 aromatic rings. The Labute approximate surface area is 113 Å². The van der Waals surface area contributed by atoms with E-state index in [-0.39, 0.29) is 5.91 Å². The van der Waals surface area contributed by atoms with Crippen LogP contribution in [0.1, 0.15) is 31.2 Å². The molecule has 1 saturated carbocycles. The molecule has 0 radical (unpaired) electrons. The van der Waals surface area contributed by atoms with E-state index in [2.05, 4.69) is 6.07 Å². The minimum absolute atomic E-state index is 0.0372. The Hall–Kier alpha value is -1.86. The van der Waals surface area contributed by atoms with Crippen LogP contribution in [0, 0.1) is 16.7 Å². The number of hydrogen-bond donors (Lipinski definition) is 1. The fourth-order valence-electron chi connectivity index (χ4n) is 2.88. The average Bonchev–Trinajstić information content (AvgIpc) is 2.95. The topological polar surface area (TPSA) is 70.1 Å². The third-order valence-corrected chi connectivity index (χ3v) is 4.10. The molecule has 0 unspecified atom stereocenters. The lowest BCUT2D eigenvalue weighted by atomic mass is 9.84. The van der Waals surface area contributed by atoms with E-state index in [4.69, 9.17) is 11.0 Å². The summed E-state index contributed by atoms with van der Waals surface area (Å²) < 4.78 is 0. The maximum Gasteiger partial charge on any atom is 0.234 e. The average molecular weight is 257 g/mol. The van der Waals surface area contributed by atoms with E-state index < -0.39 is 5.41 Å². The zero-order valence-electron chi connectivity index (χ0n) is 11.2. The van der Waals surface area contributed by atoms with Crippen LogP contribution >= 0.6 is 0 Å². The van der Waals surface area contributed by atoms with E-state index >= 15 is 0 Å². The summed E-state index contributed by atoms with van der Waals surface area (Å²) in [5, 5.41) is 9.12. The van der Waals surface area contributed by atoms with E-state index in [1.165, 1.54) is 0 Å². The van der Waals surface area contributed by atoms with Gasteiger partial charge in [0.2, 0.25) is 5.91 Å². The first-order chi connectivity index (χ1) is 9.14. The van der Waals surface area contributed by atoms with Crippen molar-refractivity contribution < 1.29 is 4.79 Å². The van der Waals surface area contributed by atoms with Crippen LogP contribution < -0.4 is 10.6 Å². The first kappa shape index (κ1) is 13.6. The first-order valence-corrected chi connectivity index (χ1v) is 6.62. The summed E-state index contributed by atoms with van der Waals surface area (Å²) in [7, 11) is 1.73. The van der Waals surface area contributed by atoms with Crippen LogP contribution in [-0.2, 0) is 4.79 Å². The molecule has 0 bridgehead atoms. The molecule has 0 saturated heterocycles. The van der Waals surface area contributed by atoms with Crippen molar-refractivity contribution in [2.45, 2.75) is 25.7 Å². The lowest BCUT2D eigenvalue weighted by Crippen LogP contribution is -2.45. The largest absolute Gasteiger partial charge is 0.329 e. The van der Waals surface area contributed by atoms with Gasteiger partial charge in [-0.1, -0.05) is 25.0 Å². The van der Waals surface area contributed by atoms with Crippen molar-refractivity contribution in [3.05, 3.63) is 29.8 Å². The molecule has 2 rings (SSSR count). The fourth-order valence-corrected chi connectivity index (χ4v) is 2.88. The number of rotatable bonds is 3. The number of hydrogen-bond acceptors (Lipinski definition) is 3. The van der Waals surface area contributed by atoms with Crippen molar-refractivity contribution in [2.24, 2.45) is 11.1 Å². The second-order valence-electron chi connectivity index (χ2n) is 5.18. The maximum atomic E-state index is 12.7. The number of para-hydroxylation sites is 1. The number of benzene rings is 1. The summed E-state index contributed by atoms with van der Waals surface area (Å²) in [5.74, 6) is 0.0372. The Morgan fingerprint density at radius 3 is 2.63 bits per heavy atom. The van der Waals surface area contributed by atoms with Crippen LogP contribution in [0.25, 0.3) is 0 Å². The fraction of sp³-hybridized carbons (Fsp3) is 0.467. The minimum atomic E-state index is -0.433. The first-order valence-electron chi connectivity index (χ1n) is 6.62. The van der Waals surface area contributed by atoms with Gasteiger partial charge in [0.25, 0.3) is 0 Å². The van der Waals surface area contributed by atoms with Gasteiger partial charge in [-0.05, 0) is 25.0 Å². The molecule has 1 aliphatic rings. The van der Waals surface area contributed by atoms with Gasteiger partial charge < -0.3 is 10.6 Å². The van der Waals surface area contributed by atoms with E-state index in [1.807, 2.05) is 6.07 Å². The molecule has 0 spiro atoms. The van der Waals surface area contributed by atoms with Gasteiger partial charge in [0, 0.05) is 13.6 Å². The molecule has 1 aliphatic carbocycles. The minimum Gasteiger partial charge on any atom is -0.329 e. The van der Waals surface area contributed by atoms with Gasteiger partial charge in [0.15, 0.2) is 0 Å². The smallest absolute Gasteiger partial charge is 0.234 e. The van der Waals surface area contributed by atoms with Gasteiger partial charge in [-0.25, -0.2) is 0 Å². The second-order valence-corrected chi connectivity index (χ2v) is 5.18. The molecule has 1 fully saturated rings. The van der Waals surface area contributed by atoms with E-state index in [9.17, 15) is 4.79 Å². The standard InChI is InChI=1S/C15H19N3O/c1-18(13-7-3-2-6-12(13)10-16)14(19)15(11-17)8-4-5-9-15/h2-3,6-7H,4-5,8-9,11,17H2,1H3. The third-order valence-electron chi connectivity index (χ3n) is 4.10. The normalized spacial score (nSPS) is 16.9. The Kier molecular flexibility index (Phi) is 3.87. The lowest BCUT2D eigenvalue weighted by Gasteiger charge is -2.31. The SMILES string of the molecule is CN(C(=O)C1(CN)CCCC1)c1ccccc1C#N. The highest BCUT2D eigenvalue weighted by Crippen LogP contribution is 2.39. The van der Waals surface area contributed by atoms with Gasteiger partial charge in [0.05, 0.1) is 16.7 Å². The summed E-state index contributed by atoms with van der Waals surface area (Å²) in [5.41, 5.74) is 6.59. The number of carbonyl (C=O) groups excluding carboxylic acids is 1. The van der Waals surface area contributed by atoms with E-state index in [1.54, 1.807) is 30.1 Å². The second kappa shape index (κ2) is 5.41. The number of amides is 1. The zero-order chi connectivity index (χ0) is 13.9. The summed E-state index contributed by atoms with van der Waals surface area (Å²) >= 11 is 0. The molecule has 0 aliphatic heterocycles. The van der Waals surface area contributed by atoms with Crippen molar-refractivity contribution in [3.63, 3.8) is 0 Å². The third kappa shape index (κ3) is 2.34. The van der Waals surface area contributed by atoms with Crippen LogP contribution in [0.2, 0.25) is 0 Å². The Bertz CT molecular complexity index is 512. The van der Waals surface area contributed by atoms with Crippen molar-refractivity contribution >= 4 is 11.6 Å². The van der Waals surface area contributed by atoms with Gasteiger partial charge in [-0.15, -0.1) is 0 Å². The highest BCUT2D eigenvalue weighted by molar-refractivity contribution is 5.98. The van der Waals surface area contributed by atoms with Crippen molar-refractivity contribution in [3.8, 4) is 6.07 Å².